The smallest absolute Gasteiger partial charge is 0.328 e. The van der Waals surface area contributed by atoms with Gasteiger partial charge in [-0.05, 0) is 29.8 Å². The highest BCUT2D eigenvalue weighted by atomic mass is 35.5. The van der Waals surface area contributed by atoms with Gasteiger partial charge in [0, 0.05) is 22.5 Å². The van der Waals surface area contributed by atoms with Crippen molar-refractivity contribution in [3.63, 3.8) is 0 Å². The number of carbonyl (C=O) groups is 1. The van der Waals surface area contributed by atoms with Crippen molar-refractivity contribution in [2.75, 3.05) is 5.32 Å². The number of hydrogen-bond acceptors (Lipinski definition) is 3. The van der Waals surface area contributed by atoms with E-state index in [2.05, 4.69) is 17.4 Å². The molecule has 0 fully saturated rings. The van der Waals surface area contributed by atoms with Crippen LogP contribution in [0, 0.1) is 0 Å². The number of carboxylic acid groups (broad SMARTS) is 1. The van der Waals surface area contributed by atoms with Crippen LogP contribution in [0.4, 0.5) is 11.4 Å². The first kappa shape index (κ1) is 20.1. The van der Waals surface area contributed by atoms with Gasteiger partial charge in [0.05, 0.1) is 16.7 Å². The minimum atomic E-state index is -0.962. The van der Waals surface area contributed by atoms with Crippen molar-refractivity contribution in [1.82, 2.24) is 4.98 Å². The number of nitrogens with zero attached hydrogens (tertiary/aromatic N) is 1. The monoisotopic (exact) mass is 402 g/mol. The van der Waals surface area contributed by atoms with Crippen LogP contribution in [-0.4, -0.2) is 16.1 Å². The van der Waals surface area contributed by atoms with Crippen LogP contribution in [0.2, 0.25) is 0 Å². The molecular weight excluding hydrogens is 384 g/mol. The Morgan fingerprint density at radius 2 is 1.52 bits per heavy atom. The fourth-order valence-corrected chi connectivity index (χ4v) is 3.14. The largest absolute Gasteiger partial charge is 0.478 e. The van der Waals surface area contributed by atoms with Crippen LogP contribution in [0.5, 0.6) is 0 Å². The number of aliphatic carboxylic acids is 1. The van der Waals surface area contributed by atoms with E-state index in [-0.39, 0.29) is 12.4 Å². The number of para-hydroxylation sites is 2. The van der Waals surface area contributed by atoms with Crippen molar-refractivity contribution in [3.8, 4) is 0 Å². The lowest BCUT2D eigenvalue weighted by Crippen LogP contribution is -1.95. The third-order valence-electron chi connectivity index (χ3n) is 4.38. The van der Waals surface area contributed by atoms with E-state index in [9.17, 15) is 4.79 Å². The zero-order chi connectivity index (χ0) is 19.3. The summed E-state index contributed by atoms with van der Waals surface area (Å²) in [5.74, 6) is -0.962. The van der Waals surface area contributed by atoms with Gasteiger partial charge in [-0.3, -0.25) is 0 Å². The fraction of sp³-hybridized carbons (Fsp3) is 0. The average Bonchev–Trinajstić information content (AvgIpc) is 2.71. The van der Waals surface area contributed by atoms with Crippen molar-refractivity contribution in [3.05, 3.63) is 96.6 Å². The number of nitrogens with one attached hydrogen (secondary N) is 1. The molecule has 0 saturated carbocycles. The molecule has 3 aromatic carbocycles. The number of rotatable bonds is 5. The summed E-state index contributed by atoms with van der Waals surface area (Å²) in [7, 11) is 0. The van der Waals surface area contributed by atoms with E-state index >= 15 is 0 Å². The van der Waals surface area contributed by atoms with Gasteiger partial charge in [-0.2, -0.15) is 0 Å². The summed E-state index contributed by atoms with van der Waals surface area (Å²) in [5.41, 5.74) is 4.83. The summed E-state index contributed by atoms with van der Waals surface area (Å²) in [5, 5.41) is 14.3. The molecule has 1 aromatic heterocycles. The topological polar surface area (TPSA) is 62.2 Å². The molecule has 0 radical (unpaired) electrons. The van der Waals surface area contributed by atoms with Gasteiger partial charge in [-0.15, -0.1) is 12.4 Å². The molecule has 29 heavy (non-hydrogen) atoms. The Morgan fingerprint density at radius 1 is 0.862 bits per heavy atom. The maximum Gasteiger partial charge on any atom is 0.328 e. The molecule has 0 atom stereocenters. The predicted octanol–water partition coefficient (Wildman–Crippen LogP) is 6.21. The molecule has 0 spiro atoms. The summed E-state index contributed by atoms with van der Waals surface area (Å²) in [4.78, 5) is 15.3. The second-order valence-corrected chi connectivity index (χ2v) is 6.33. The van der Waals surface area contributed by atoms with Gasteiger partial charge in [-0.1, -0.05) is 66.8 Å². The Bertz CT molecular complexity index is 1180. The molecule has 0 aliphatic carbocycles. The second-order valence-electron chi connectivity index (χ2n) is 6.33. The lowest BCUT2D eigenvalue weighted by atomic mass is 10.1. The number of hydrogen-bond donors (Lipinski definition) is 2. The standard InChI is InChI=1S/C24H18N2O2.ClH/c27-23(28)15-6-1-8-17-9-7-10-18(16-17)25-24-19-11-2-4-13-21(19)26-22-14-5-3-12-20(22)24;/h1-16H,(H,25,26)(H,27,28);1H/b8-1+,15-6+;. The minimum Gasteiger partial charge on any atom is -0.478 e. The molecule has 4 nitrogen and oxygen atoms in total. The molecule has 144 valence electrons. The highest BCUT2D eigenvalue weighted by Crippen LogP contribution is 2.33. The maximum absolute atomic E-state index is 10.5. The first-order chi connectivity index (χ1) is 13.7. The number of pyridine rings is 1. The number of allylic oxidation sites excluding steroid dienone is 2. The summed E-state index contributed by atoms with van der Waals surface area (Å²) >= 11 is 0. The Morgan fingerprint density at radius 3 is 2.17 bits per heavy atom. The molecule has 0 bridgehead atoms. The van der Waals surface area contributed by atoms with Crippen LogP contribution in [-0.2, 0) is 4.79 Å². The SMILES string of the molecule is Cl.O=C(O)/C=C/C=C/c1cccc(Nc2c3ccccc3nc3ccccc23)c1. The number of benzene rings is 3. The first-order valence-corrected chi connectivity index (χ1v) is 8.93. The van der Waals surface area contributed by atoms with Crippen molar-refractivity contribution in [1.29, 1.82) is 0 Å². The van der Waals surface area contributed by atoms with E-state index < -0.39 is 5.97 Å². The molecule has 2 N–H and O–H groups in total. The van der Waals surface area contributed by atoms with E-state index in [1.165, 1.54) is 6.08 Å². The highest BCUT2D eigenvalue weighted by molar-refractivity contribution is 6.08. The molecule has 5 heteroatoms. The van der Waals surface area contributed by atoms with E-state index in [1.54, 1.807) is 6.08 Å². The van der Waals surface area contributed by atoms with E-state index in [0.29, 0.717) is 0 Å². The van der Waals surface area contributed by atoms with Crippen LogP contribution >= 0.6 is 12.4 Å². The maximum atomic E-state index is 10.5. The second kappa shape index (κ2) is 9.04. The van der Waals surface area contributed by atoms with Crippen LogP contribution in [0.15, 0.2) is 91.0 Å². The van der Waals surface area contributed by atoms with E-state index in [4.69, 9.17) is 10.1 Å². The Kier molecular flexibility index (Phi) is 6.27. The predicted molar refractivity (Wildman–Crippen MR) is 122 cm³/mol. The molecule has 1 heterocycles. The molecule has 4 rings (SSSR count). The van der Waals surface area contributed by atoms with Crippen molar-refractivity contribution < 1.29 is 9.90 Å². The lowest BCUT2D eigenvalue weighted by Gasteiger charge is -2.13. The van der Waals surface area contributed by atoms with Crippen LogP contribution in [0.1, 0.15) is 5.56 Å². The van der Waals surface area contributed by atoms with Crippen molar-refractivity contribution >= 4 is 57.6 Å². The van der Waals surface area contributed by atoms with Gasteiger partial charge in [0.2, 0.25) is 0 Å². The number of halogens is 1. The molecule has 0 amide bonds. The Hall–Kier alpha value is -3.63. The first-order valence-electron chi connectivity index (χ1n) is 8.93. The normalized spacial score (nSPS) is 11.2. The molecule has 0 aliphatic heterocycles. The van der Waals surface area contributed by atoms with E-state index in [0.717, 1.165) is 44.8 Å². The quantitative estimate of drug-likeness (QED) is 0.237. The van der Waals surface area contributed by atoms with Crippen LogP contribution < -0.4 is 5.32 Å². The summed E-state index contributed by atoms with van der Waals surface area (Å²) in [6.07, 6.45) is 6.19. The summed E-state index contributed by atoms with van der Waals surface area (Å²) in [6.45, 7) is 0. The average molecular weight is 403 g/mol. The van der Waals surface area contributed by atoms with Gasteiger partial charge in [0.15, 0.2) is 0 Å². The third kappa shape index (κ3) is 4.62. The zero-order valence-corrected chi connectivity index (χ0v) is 16.3. The Balaban J connectivity index is 0.00000240. The summed E-state index contributed by atoms with van der Waals surface area (Å²) in [6, 6.07) is 24.1. The fourth-order valence-electron chi connectivity index (χ4n) is 3.14. The molecule has 4 aromatic rings. The van der Waals surface area contributed by atoms with Gasteiger partial charge in [0.25, 0.3) is 0 Å². The molecule has 0 saturated heterocycles. The molecular formula is C24H19ClN2O2. The van der Waals surface area contributed by atoms with Crippen LogP contribution in [0.3, 0.4) is 0 Å². The summed E-state index contributed by atoms with van der Waals surface area (Å²) < 4.78 is 0. The molecule has 0 aliphatic rings. The van der Waals surface area contributed by atoms with Gasteiger partial charge < -0.3 is 10.4 Å². The Labute approximate surface area is 174 Å². The van der Waals surface area contributed by atoms with Gasteiger partial charge in [-0.25, -0.2) is 9.78 Å². The van der Waals surface area contributed by atoms with E-state index in [1.807, 2.05) is 66.7 Å². The third-order valence-corrected chi connectivity index (χ3v) is 4.38. The van der Waals surface area contributed by atoms with Crippen LogP contribution in [0.25, 0.3) is 27.9 Å². The number of anilines is 2. The van der Waals surface area contributed by atoms with Gasteiger partial charge in [0.1, 0.15) is 0 Å². The lowest BCUT2D eigenvalue weighted by molar-refractivity contribution is -0.131. The van der Waals surface area contributed by atoms with Crippen molar-refractivity contribution in [2.24, 2.45) is 0 Å². The molecule has 0 unspecified atom stereocenters. The number of carboxylic acids is 1. The minimum absolute atomic E-state index is 0. The number of fused-ring (bicyclic) bond motifs is 2. The highest BCUT2D eigenvalue weighted by Gasteiger charge is 2.08. The number of aromatic nitrogens is 1. The van der Waals surface area contributed by atoms with Crippen molar-refractivity contribution in [2.45, 2.75) is 0 Å². The van der Waals surface area contributed by atoms with Gasteiger partial charge >= 0.3 is 5.97 Å². The zero-order valence-electron chi connectivity index (χ0n) is 15.4.